The fourth-order valence-corrected chi connectivity index (χ4v) is 0.811. The van der Waals surface area contributed by atoms with Gasteiger partial charge in [-0.3, -0.25) is 14.7 Å². The monoisotopic (exact) mass is 170 g/mol. The third kappa shape index (κ3) is 2.06. The van der Waals surface area contributed by atoms with E-state index in [1.54, 1.807) is 0 Å². The summed E-state index contributed by atoms with van der Waals surface area (Å²) < 4.78 is 5.97. The van der Waals surface area contributed by atoms with Crippen molar-refractivity contribution in [2.75, 3.05) is 13.7 Å². The lowest BCUT2D eigenvalue weighted by Gasteiger charge is -2.02. The van der Waals surface area contributed by atoms with E-state index in [0.29, 0.717) is 13.2 Å². The number of aromatic nitrogens is 2. The first kappa shape index (κ1) is 8.73. The predicted molar refractivity (Wildman–Crippen MR) is 43.2 cm³/mol. The van der Waals surface area contributed by atoms with E-state index in [-0.39, 0.29) is 11.1 Å². The number of nitrogens with one attached hydrogen (secondary N) is 1. The standard InChI is InChI=1S/C7H10N2O3/c1-12-5-4-9-7(11)3-2-6(10)8-9/h2-3H,4-5H2,1H3,(H,8,10). The molecule has 0 atom stereocenters. The van der Waals surface area contributed by atoms with Gasteiger partial charge in [0.25, 0.3) is 11.1 Å². The highest BCUT2D eigenvalue weighted by Gasteiger charge is 1.94. The zero-order chi connectivity index (χ0) is 8.97. The summed E-state index contributed by atoms with van der Waals surface area (Å²) in [6.07, 6.45) is 0. The molecule has 0 spiro atoms. The van der Waals surface area contributed by atoms with E-state index >= 15 is 0 Å². The molecule has 0 aliphatic heterocycles. The largest absolute Gasteiger partial charge is 0.383 e. The number of methoxy groups -OCH3 is 1. The Morgan fingerprint density at radius 1 is 1.50 bits per heavy atom. The SMILES string of the molecule is COCCn1[nH]c(=O)ccc1=O. The second-order valence-corrected chi connectivity index (χ2v) is 2.29. The molecule has 1 N–H and O–H groups in total. The molecule has 0 unspecified atom stereocenters. The van der Waals surface area contributed by atoms with Crippen LogP contribution in [0.1, 0.15) is 0 Å². The summed E-state index contributed by atoms with van der Waals surface area (Å²) in [6, 6.07) is 2.43. The zero-order valence-electron chi connectivity index (χ0n) is 6.74. The van der Waals surface area contributed by atoms with E-state index in [2.05, 4.69) is 5.10 Å². The van der Waals surface area contributed by atoms with Crippen LogP contribution in [0.5, 0.6) is 0 Å². The summed E-state index contributed by atoms with van der Waals surface area (Å²) in [5.74, 6) is 0. The third-order valence-electron chi connectivity index (χ3n) is 1.41. The normalized spacial score (nSPS) is 10.1. The Kier molecular flexibility index (Phi) is 2.82. The number of hydrogen-bond donors (Lipinski definition) is 1. The van der Waals surface area contributed by atoms with Gasteiger partial charge in [0.15, 0.2) is 0 Å². The van der Waals surface area contributed by atoms with Crippen LogP contribution in [0.3, 0.4) is 0 Å². The minimum atomic E-state index is -0.286. The second kappa shape index (κ2) is 3.87. The van der Waals surface area contributed by atoms with Crippen LogP contribution in [0.25, 0.3) is 0 Å². The van der Waals surface area contributed by atoms with Crippen molar-refractivity contribution in [3.8, 4) is 0 Å². The highest BCUT2D eigenvalue weighted by atomic mass is 16.5. The second-order valence-electron chi connectivity index (χ2n) is 2.29. The molecule has 0 bridgehead atoms. The molecule has 1 rings (SSSR count). The van der Waals surface area contributed by atoms with Crippen molar-refractivity contribution >= 4 is 0 Å². The number of rotatable bonds is 3. The molecule has 0 amide bonds. The molecule has 0 saturated heterocycles. The van der Waals surface area contributed by atoms with E-state index in [1.165, 1.54) is 23.9 Å². The molecular formula is C7H10N2O3. The molecule has 0 aliphatic rings. The quantitative estimate of drug-likeness (QED) is 0.644. The Hall–Kier alpha value is -1.36. The van der Waals surface area contributed by atoms with Crippen LogP contribution < -0.4 is 11.1 Å². The molecule has 0 radical (unpaired) electrons. The third-order valence-corrected chi connectivity index (χ3v) is 1.41. The molecule has 0 fully saturated rings. The fraction of sp³-hybridized carbons (Fsp3) is 0.429. The van der Waals surface area contributed by atoms with Crippen LogP contribution in [0.4, 0.5) is 0 Å². The minimum Gasteiger partial charge on any atom is -0.383 e. The van der Waals surface area contributed by atoms with Gasteiger partial charge in [0.1, 0.15) is 0 Å². The average Bonchev–Trinajstić information content (AvgIpc) is 2.07. The van der Waals surface area contributed by atoms with Crippen LogP contribution in [0.2, 0.25) is 0 Å². The molecule has 0 aliphatic carbocycles. The van der Waals surface area contributed by atoms with Crippen LogP contribution in [-0.2, 0) is 11.3 Å². The Morgan fingerprint density at radius 3 is 2.92 bits per heavy atom. The lowest BCUT2D eigenvalue weighted by molar-refractivity contribution is 0.181. The van der Waals surface area contributed by atoms with Crippen LogP contribution >= 0.6 is 0 Å². The van der Waals surface area contributed by atoms with Gasteiger partial charge < -0.3 is 4.74 Å². The van der Waals surface area contributed by atoms with E-state index in [0.717, 1.165) is 0 Å². The van der Waals surface area contributed by atoms with Gasteiger partial charge in [-0.05, 0) is 0 Å². The maximum Gasteiger partial charge on any atom is 0.265 e. The summed E-state index contributed by atoms with van der Waals surface area (Å²) in [5.41, 5.74) is -0.516. The van der Waals surface area contributed by atoms with Crippen molar-refractivity contribution in [2.45, 2.75) is 6.54 Å². The first-order valence-electron chi connectivity index (χ1n) is 3.53. The van der Waals surface area contributed by atoms with Crippen LogP contribution in [0.15, 0.2) is 21.7 Å². The van der Waals surface area contributed by atoms with Gasteiger partial charge in [-0.25, -0.2) is 4.68 Å². The molecule has 0 saturated carbocycles. The van der Waals surface area contributed by atoms with Gasteiger partial charge in [-0.2, -0.15) is 0 Å². The molecule has 1 heterocycles. The van der Waals surface area contributed by atoms with E-state index in [9.17, 15) is 9.59 Å². The van der Waals surface area contributed by atoms with Crippen molar-refractivity contribution in [2.24, 2.45) is 0 Å². The van der Waals surface area contributed by atoms with Gasteiger partial charge >= 0.3 is 0 Å². The minimum absolute atomic E-state index is 0.230. The van der Waals surface area contributed by atoms with E-state index in [4.69, 9.17) is 4.74 Å². The van der Waals surface area contributed by atoms with E-state index < -0.39 is 0 Å². The smallest absolute Gasteiger partial charge is 0.265 e. The maximum atomic E-state index is 11.0. The molecule has 1 aromatic rings. The van der Waals surface area contributed by atoms with Crippen LogP contribution in [0, 0.1) is 0 Å². The number of hydrogen-bond acceptors (Lipinski definition) is 3. The Balaban J connectivity index is 2.90. The first-order chi connectivity index (χ1) is 5.74. The Bertz CT molecular complexity index is 352. The lowest BCUT2D eigenvalue weighted by atomic mass is 10.5. The van der Waals surface area contributed by atoms with Crippen LogP contribution in [-0.4, -0.2) is 23.5 Å². The highest BCUT2D eigenvalue weighted by Crippen LogP contribution is 1.73. The number of ether oxygens (including phenoxy) is 1. The Labute approximate surface area is 68.6 Å². The molecule has 5 heteroatoms. The molecule has 0 aromatic carbocycles. The number of H-pyrrole nitrogens is 1. The topological polar surface area (TPSA) is 64.1 Å². The maximum absolute atomic E-state index is 11.0. The fourth-order valence-electron chi connectivity index (χ4n) is 0.811. The molecular weight excluding hydrogens is 160 g/mol. The summed E-state index contributed by atoms with van der Waals surface area (Å²) in [7, 11) is 1.53. The summed E-state index contributed by atoms with van der Waals surface area (Å²) >= 11 is 0. The van der Waals surface area contributed by atoms with Gasteiger partial charge in [0.05, 0.1) is 13.2 Å². The molecule has 66 valence electrons. The van der Waals surface area contributed by atoms with E-state index in [1.807, 2.05) is 0 Å². The lowest BCUT2D eigenvalue weighted by Crippen LogP contribution is -2.29. The first-order valence-corrected chi connectivity index (χ1v) is 3.53. The molecule has 1 aromatic heterocycles. The molecule has 5 nitrogen and oxygen atoms in total. The predicted octanol–water partition coefficient (Wildman–Crippen LogP) is -0.817. The van der Waals surface area contributed by atoms with Gasteiger partial charge in [-0.1, -0.05) is 0 Å². The highest BCUT2D eigenvalue weighted by molar-refractivity contribution is 4.85. The number of aromatic amines is 1. The molecule has 12 heavy (non-hydrogen) atoms. The summed E-state index contributed by atoms with van der Waals surface area (Å²) in [6.45, 7) is 0.769. The number of nitrogens with zero attached hydrogens (tertiary/aromatic N) is 1. The zero-order valence-corrected chi connectivity index (χ0v) is 6.74. The summed E-state index contributed by atoms with van der Waals surface area (Å²) in [5, 5.41) is 2.38. The van der Waals surface area contributed by atoms with Gasteiger partial charge in [0, 0.05) is 19.2 Å². The Morgan fingerprint density at radius 2 is 2.25 bits per heavy atom. The van der Waals surface area contributed by atoms with Gasteiger partial charge in [0.2, 0.25) is 0 Å². The van der Waals surface area contributed by atoms with Crippen molar-refractivity contribution < 1.29 is 4.74 Å². The summed E-state index contributed by atoms with van der Waals surface area (Å²) in [4.78, 5) is 21.8. The van der Waals surface area contributed by atoms with Crippen molar-refractivity contribution in [3.63, 3.8) is 0 Å². The van der Waals surface area contributed by atoms with Crippen molar-refractivity contribution in [1.29, 1.82) is 0 Å². The average molecular weight is 170 g/mol. The van der Waals surface area contributed by atoms with Crippen molar-refractivity contribution in [1.82, 2.24) is 9.78 Å². The van der Waals surface area contributed by atoms with Gasteiger partial charge in [-0.15, -0.1) is 0 Å². The van der Waals surface area contributed by atoms with Crippen molar-refractivity contribution in [3.05, 3.63) is 32.8 Å².